The number of hydrogen-bond acceptors (Lipinski definition) is 3. The van der Waals surface area contributed by atoms with Crippen molar-refractivity contribution in [2.45, 2.75) is 38.5 Å². The summed E-state index contributed by atoms with van der Waals surface area (Å²) in [5, 5.41) is 0. The number of rotatable bonds is 7. The number of benzene rings is 2. The van der Waals surface area contributed by atoms with Gasteiger partial charge in [-0.2, -0.15) is 4.39 Å². The second kappa shape index (κ2) is 8.91. The van der Waals surface area contributed by atoms with Crippen molar-refractivity contribution in [3.63, 3.8) is 0 Å². The lowest BCUT2D eigenvalue weighted by atomic mass is 10.1. The summed E-state index contributed by atoms with van der Waals surface area (Å²) >= 11 is 0. The van der Waals surface area contributed by atoms with Crippen LogP contribution in [-0.2, 0) is 0 Å². The van der Waals surface area contributed by atoms with Gasteiger partial charge in [-0.3, -0.25) is 9.36 Å². The molecular weight excluding hydrogens is 410 g/mol. The van der Waals surface area contributed by atoms with Crippen molar-refractivity contribution in [3.05, 3.63) is 81.4 Å². The van der Waals surface area contributed by atoms with Crippen LogP contribution >= 0.6 is 0 Å². The zero-order valence-electron chi connectivity index (χ0n) is 18.1. The molecule has 0 spiro atoms. The van der Waals surface area contributed by atoms with Gasteiger partial charge in [-0.05, 0) is 48.9 Å². The lowest BCUT2D eigenvalue weighted by Crippen LogP contribution is -2.30. The Kier molecular flexibility index (Phi) is 6.04. The van der Waals surface area contributed by atoms with E-state index in [0.717, 1.165) is 31.7 Å². The van der Waals surface area contributed by atoms with Crippen LogP contribution in [0.1, 0.15) is 44.1 Å². The third-order valence-corrected chi connectivity index (χ3v) is 5.75. The molecule has 1 aromatic heterocycles. The maximum atomic E-state index is 15.2. The predicted molar refractivity (Wildman–Crippen MR) is 122 cm³/mol. The molecule has 3 aromatic rings. The van der Waals surface area contributed by atoms with Crippen LogP contribution in [0, 0.1) is 18.2 Å². The van der Waals surface area contributed by atoms with E-state index in [9.17, 15) is 9.18 Å². The second-order valence-electron chi connectivity index (χ2n) is 8.13. The maximum Gasteiger partial charge on any atom is 0.296 e. The van der Waals surface area contributed by atoms with Crippen molar-refractivity contribution < 1.29 is 8.78 Å². The van der Waals surface area contributed by atoms with E-state index in [1.807, 2.05) is 19.1 Å². The number of aromatic nitrogens is 2. The Bertz CT molecular complexity index is 1240. The summed E-state index contributed by atoms with van der Waals surface area (Å²) in [6, 6.07) is 11.4. The molecular formula is C25H24F2N4O. The van der Waals surface area contributed by atoms with Crippen LogP contribution in [0.2, 0.25) is 0 Å². The molecule has 0 bridgehead atoms. The quantitative estimate of drug-likeness (QED) is 0.439. The average molecular weight is 434 g/mol. The molecule has 5 nitrogen and oxygen atoms in total. The van der Waals surface area contributed by atoms with Gasteiger partial charge in [-0.15, -0.1) is 0 Å². The molecule has 0 amide bonds. The van der Waals surface area contributed by atoms with Crippen LogP contribution in [0.3, 0.4) is 0 Å². The number of anilines is 1. The van der Waals surface area contributed by atoms with Crippen LogP contribution in [0.15, 0.2) is 47.3 Å². The zero-order valence-corrected chi connectivity index (χ0v) is 18.1. The van der Waals surface area contributed by atoms with Crippen LogP contribution in [0.5, 0.6) is 0 Å². The molecule has 0 atom stereocenters. The fraction of sp³-hybridized carbons (Fsp3) is 0.320. The first-order valence-corrected chi connectivity index (χ1v) is 10.8. The Balaban J connectivity index is 1.91. The van der Waals surface area contributed by atoms with Gasteiger partial charge in [0, 0.05) is 19.2 Å². The van der Waals surface area contributed by atoms with E-state index < -0.39 is 17.2 Å². The standard InChI is InChI=1S/C25H24F2N4O/c1-4-5-14-30(3)24-22(27)25(32)31(19-11-8-17(9-12-19)16-6-7-16)23(29-24)18-10-13-21(28-2)20(26)15-18/h8-13,15-16H,4-7,14H2,1,3H3. The molecule has 1 aliphatic carbocycles. The van der Waals surface area contributed by atoms with E-state index in [4.69, 9.17) is 6.57 Å². The normalized spacial score (nSPS) is 13.1. The lowest BCUT2D eigenvalue weighted by Gasteiger charge is -2.21. The molecule has 0 aliphatic heterocycles. The van der Waals surface area contributed by atoms with Crippen LogP contribution in [0.4, 0.5) is 20.3 Å². The summed E-state index contributed by atoms with van der Waals surface area (Å²) in [7, 11) is 1.68. The Hall–Kier alpha value is -3.53. The summed E-state index contributed by atoms with van der Waals surface area (Å²) in [6.07, 6.45) is 4.01. The molecule has 4 rings (SSSR count). The summed E-state index contributed by atoms with van der Waals surface area (Å²) in [6.45, 7) is 9.63. The van der Waals surface area contributed by atoms with Crippen LogP contribution < -0.4 is 10.5 Å². The van der Waals surface area contributed by atoms with Crippen LogP contribution in [-0.4, -0.2) is 23.1 Å². The zero-order chi connectivity index (χ0) is 22.8. The first-order valence-electron chi connectivity index (χ1n) is 10.8. The second-order valence-corrected chi connectivity index (χ2v) is 8.13. The largest absolute Gasteiger partial charge is 0.357 e. The summed E-state index contributed by atoms with van der Waals surface area (Å²) in [5.41, 5.74) is 0.961. The highest BCUT2D eigenvalue weighted by Gasteiger charge is 2.25. The Morgan fingerprint density at radius 3 is 2.50 bits per heavy atom. The average Bonchev–Trinajstić information content (AvgIpc) is 3.64. The van der Waals surface area contributed by atoms with Gasteiger partial charge in [0.2, 0.25) is 11.5 Å². The Morgan fingerprint density at radius 2 is 1.91 bits per heavy atom. The SMILES string of the molecule is [C-]#[N+]c1ccc(-c2nc(N(C)CCCC)c(F)c(=O)n2-c2ccc(C3CC3)cc2)cc1F. The highest BCUT2D eigenvalue weighted by Crippen LogP contribution is 2.40. The minimum atomic E-state index is -0.947. The smallest absolute Gasteiger partial charge is 0.296 e. The van der Waals surface area contributed by atoms with Crippen molar-refractivity contribution in [2.75, 3.05) is 18.5 Å². The molecule has 1 fully saturated rings. The van der Waals surface area contributed by atoms with Gasteiger partial charge in [0.25, 0.3) is 5.56 Å². The molecule has 0 saturated heterocycles. The van der Waals surface area contributed by atoms with Crippen LogP contribution in [0.25, 0.3) is 21.9 Å². The molecule has 1 saturated carbocycles. The molecule has 0 unspecified atom stereocenters. The molecule has 2 aromatic carbocycles. The number of halogens is 2. The number of unbranched alkanes of at least 4 members (excludes halogenated alkanes) is 1. The first kappa shape index (κ1) is 21.7. The summed E-state index contributed by atoms with van der Waals surface area (Å²) < 4.78 is 30.8. The van der Waals surface area contributed by atoms with E-state index in [1.165, 1.54) is 22.3 Å². The van der Waals surface area contributed by atoms with Gasteiger partial charge in [-0.1, -0.05) is 37.6 Å². The highest BCUT2D eigenvalue weighted by atomic mass is 19.1. The van der Waals surface area contributed by atoms with Crippen molar-refractivity contribution in [3.8, 4) is 17.1 Å². The van der Waals surface area contributed by atoms with Gasteiger partial charge >= 0.3 is 0 Å². The van der Waals surface area contributed by atoms with E-state index in [2.05, 4.69) is 9.83 Å². The molecule has 0 N–H and O–H groups in total. The third-order valence-electron chi connectivity index (χ3n) is 5.75. The predicted octanol–water partition coefficient (Wildman–Crippen LogP) is 5.84. The maximum absolute atomic E-state index is 15.2. The lowest BCUT2D eigenvalue weighted by molar-refractivity contribution is 0.583. The van der Waals surface area contributed by atoms with Crippen molar-refractivity contribution in [1.29, 1.82) is 0 Å². The van der Waals surface area contributed by atoms with Gasteiger partial charge in [0.05, 0.1) is 12.3 Å². The van der Waals surface area contributed by atoms with Gasteiger partial charge in [0.1, 0.15) is 11.6 Å². The number of nitrogens with zero attached hydrogens (tertiary/aromatic N) is 4. The molecule has 7 heteroatoms. The molecule has 164 valence electrons. The minimum Gasteiger partial charge on any atom is -0.357 e. The van der Waals surface area contributed by atoms with Crippen molar-refractivity contribution in [1.82, 2.24) is 9.55 Å². The van der Waals surface area contributed by atoms with E-state index in [0.29, 0.717) is 23.7 Å². The summed E-state index contributed by atoms with van der Waals surface area (Å²) in [5.74, 6) is -1.06. The van der Waals surface area contributed by atoms with E-state index >= 15 is 4.39 Å². The molecule has 0 radical (unpaired) electrons. The fourth-order valence-corrected chi connectivity index (χ4v) is 3.73. The molecule has 1 heterocycles. The van der Waals surface area contributed by atoms with Gasteiger partial charge in [-0.25, -0.2) is 14.2 Å². The Labute approximate surface area is 185 Å². The first-order chi connectivity index (χ1) is 15.4. The third kappa shape index (κ3) is 4.13. The highest BCUT2D eigenvalue weighted by molar-refractivity contribution is 5.65. The Morgan fingerprint density at radius 1 is 1.19 bits per heavy atom. The molecule has 32 heavy (non-hydrogen) atoms. The van der Waals surface area contributed by atoms with E-state index in [-0.39, 0.29) is 17.3 Å². The van der Waals surface area contributed by atoms with E-state index in [1.54, 1.807) is 24.1 Å². The molecule has 1 aliphatic rings. The van der Waals surface area contributed by atoms with Crippen molar-refractivity contribution in [2.24, 2.45) is 0 Å². The topological polar surface area (TPSA) is 42.5 Å². The van der Waals surface area contributed by atoms with Gasteiger partial charge < -0.3 is 4.90 Å². The number of hydrogen-bond donors (Lipinski definition) is 0. The van der Waals surface area contributed by atoms with Crippen molar-refractivity contribution >= 4 is 11.5 Å². The fourth-order valence-electron chi connectivity index (χ4n) is 3.73. The summed E-state index contributed by atoms with van der Waals surface area (Å²) in [4.78, 5) is 22.4. The monoisotopic (exact) mass is 434 g/mol. The minimum absolute atomic E-state index is 0.0704. The van der Waals surface area contributed by atoms with Gasteiger partial charge in [0.15, 0.2) is 5.82 Å².